The summed E-state index contributed by atoms with van der Waals surface area (Å²) in [6.45, 7) is 0. The fraction of sp³-hybridized carbons (Fsp3) is 0.0769. The van der Waals surface area contributed by atoms with Gasteiger partial charge in [0.1, 0.15) is 5.69 Å². The molecule has 0 bridgehead atoms. The SMILES string of the molecule is Cn1c(=O)c2cc(C(=O)O)[nH]c2c2ccccc21. The minimum Gasteiger partial charge on any atom is -0.477 e. The molecule has 1 aromatic carbocycles. The third-order valence-corrected chi connectivity index (χ3v) is 3.12. The molecule has 3 aromatic rings. The Morgan fingerprint density at radius 2 is 2.00 bits per heavy atom. The number of benzene rings is 1. The van der Waals surface area contributed by atoms with Crippen LogP contribution in [0.15, 0.2) is 35.1 Å². The lowest BCUT2D eigenvalue weighted by atomic mass is 10.1. The molecule has 0 saturated carbocycles. The lowest BCUT2D eigenvalue weighted by Crippen LogP contribution is -2.16. The van der Waals surface area contributed by atoms with E-state index in [1.54, 1.807) is 7.05 Å². The topological polar surface area (TPSA) is 75.1 Å². The predicted molar refractivity (Wildman–Crippen MR) is 68.0 cm³/mol. The first-order valence-electron chi connectivity index (χ1n) is 5.43. The van der Waals surface area contributed by atoms with Gasteiger partial charge < -0.3 is 14.7 Å². The van der Waals surface area contributed by atoms with Crippen LogP contribution in [0.3, 0.4) is 0 Å². The van der Waals surface area contributed by atoms with Gasteiger partial charge in [0.15, 0.2) is 0 Å². The number of aromatic carboxylic acids is 1. The molecule has 0 unspecified atom stereocenters. The van der Waals surface area contributed by atoms with E-state index in [1.807, 2.05) is 24.3 Å². The van der Waals surface area contributed by atoms with Crippen molar-refractivity contribution in [3.8, 4) is 0 Å². The summed E-state index contributed by atoms with van der Waals surface area (Å²) in [7, 11) is 1.68. The normalized spacial score (nSPS) is 11.2. The molecule has 2 aromatic heterocycles. The Labute approximate surface area is 101 Å². The van der Waals surface area contributed by atoms with Crippen molar-refractivity contribution >= 4 is 27.8 Å². The quantitative estimate of drug-likeness (QED) is 0.682. The number of aromatic nitrogens is 2. The van der Waals surface area contributed by atoms with Gasteiger partial charge in [0.25, 0.3) is 5.56 Å². The second-order valence-electron chi connectivity index (χ2n) is 4.16. The summed E-state index contributed by atoms with van der Waals surface area (Å²) in [4.78, 5) is 25.9. The zero-order valence-electron chi connectivity index (χ0n) is 9.60. The molecule has 2 N–H and O–H groups in total. The Hall–Kier alpha value is -2.56. The summed E-state index contributed by atoms with van der Waals surface area (Å²) in [5.74, 6) is -1.07. The number of aryl methyl sites for hydroxylation is 1. The zero-order chi connectivity index (χ0) is 12.9. The van der Waals surface area contributed by atoms with Crippen LogP contribution in [0.5, 0.6) is 0 Å². The minimum absolute atomic E-state index is 0.0263. The molecule has 0 fully saturated rings. The van der Waals surface area contributed by atoms with Crippen molar-refractivity contribution in [2.24, 2.45) is 7.05 Å². The third-order valence-electron chi connectivity index (χ3n) is 3.12. The summed E-state index contributed by atoms with van der Waals surface area (Å²) in [6, 6.07) is 8.77. The van der Waals surface area contributed by atoms with Crippen LogP contribution in [0.1, 0.15) is 10.5 Å². The number of hydrogen-bond donors (Lipinski definition) is 2. The molecule has 0 aliphatic rings. The van der Waals surface area contributed by atoms with E-state index in [0.717, 1.165) is 10.9 Å². The van der Waals surface area contributed by atoms with Crippen molar-refractivity contribution < 1.29 is 9.90 Å². The number of para-hydroxylation sites is 1. The van der Waals surface area contributed by atoms with Gasteiger partial charge in [-0.1, -0.05) is 18.2 Å². The van der Waals surface area contributed by atoms with Crippen LogP contribution in [0.4, 0.5) is 0 Å². The molecule has 3 rings (SSSR count). The lowest BCUT2D eigenvalue weighted by molar-refractivity contribution is 0.0691. The van der Waals surface area contributed by atoms with Gasteiger partial charge in [-0.25, -0.2) is 4.79 Å². The Balaban J connectivity index is 2.61. The second kappa shape index (κ2) is 3.46. The number of rotatable bonds is 1. The van der Waals surface area contributed by atoms with Crippen LogP contribution in [-0.2, 0) is 7.05 Å². The number of carboxylic acids is 1. The van der Waals surface area contributed by atoms with E-state index in [1.165, 1.54) is 10.6 Å². The van der Waals surface area contributed by atoms with E-state index in [-0.39, 0.29) is 11.3 Å². The number of nitrogens with one attached hydrogen (secondary N) is 1. The Bertz CT molecular complexity index is 842. The van der Waals surface area contributed by atoms with Crippen molar-refractivity contribution in [1.82, 2.24) is 9.55 Å². The third kappa shape index (κ3) is 1.27. The maximum Gasteiger partial charge on any atom is 0.352 e. The monoisotopic (exact) mass is 242 g/mol. The summed E-state index contributed by atoms with van der Waals surface area (Å²) >= 11 is 0. The molecule has 18 heavy (non-hydrogen) atoms. The first-order valence-corrected chi connectivity index (χ1v) is 5.43. The molecule has 90 valence electrons. The average molecular weight is 242 g/mol. The summed E-state index contributed by atoms with van der Waals surface area (Å²) in [5.41, 5.74) is 1.17. The maximum absolute atomic E-state index is 12.1. The van der Waals surface area contributed by atoms with Crippen molar-refractivity contribution in [3.63, 3.8) is 0 Å². The molecule has 0 amide bonds. The van der Waals surface area contributed by atoms with Gasteiger partial charge in [-0.2, -0.15) is 0 Å². The van der Waals surface area contributed by atoms with E-state index < -0.39 is 5.97 Å². The van der Waals surface area contributed by atoms with E-state index in [2.05, 4.69) is 4.98 Å². The van der Waals surface area contributed by atoms with E-state index in [0.29, 0.717) is 10.9 Å². The van der Waals surface area contributed by atoms with Gasteiger partial charge in [-0.3, -0.25) is 4.79 Å². The van der Waals surface area contributed by atoms with E-state index in [9.17, 15) is 9.59 Å². The highest BCUT2D eigenvalue weighted by molar-refractivity contribution is 6.06. The first kappa shape index (κ1) is 10.6. The second-order valence-corrected chi connectivity index (χ2v) is 4.16. The van der Waals surface area contributed by atoms with Gasteiger partial charge in [0, 0.05) is 12.4 Å². The summed E-state index contributed by atoms with van der Waals surface area (Å²) < 4.78 is 1.52. The average Bonchev–Trinajstić information content (AvgIpc) is 2.81. The molecule has 5 nitrogen and oxygen atoms in total. The highest BCUT2D eigenvalue weighted by Crippen LogP contribution is 2.22. The molecule has 5 heteroatoms. The minimum atomic E-state index is -1.07. The molecule has 0 aliphatic carbocycles. The summed E-state index contributed by atoms with van der Waals surface area (Å²) in [6.07, 6.45) is 0. The predicted octanol–water partition coefficient (Wildman–Crippen LogP) is 1.72. The number of hydrogen-bond acceptors (Lipinski definition) is 2. The molecule has 2 heterocycles. The number of carboxylic acid groups (broad SMARTS) is 1. The van der Waals surface area contributed by atoms with Gasteiger partial charge in [0.05, 0.1) is 16.4 Å². The van der Waals surface area contributed by atoms with Crippen LogP contribution >= 0.6 is 0 Å². The van der Waals surface area contributed by atoms with Gasteiger partial charge >= 0.3 is 5.97 Å². The highest BCUT2D eigenvalue weighted by atomic mass is 16.4. The summed E-state index contributed by atoms with van der Waals surface area (Å²) in [5, 5.41) is 10.2. The molecule has 0 atom stereocenters. The number of carbonyl (C=O) groups is 1. The molecule has 0 aliphatic heterocycles. The standard InChI is InChI=1S/C13H10N2O3/c1-15-10-5-3-2-4-7(10)11-8(12(15)16)6-9(14-11)13(17)18/h2-6,14H,1H3,(H,17,18). The van der Waals surface area contributed by atoms with Crippen molar-refractivity contribution in [2.45, 2.75) is 0 Å². The first-order chi connectivity index (χ1) is 8.59. The van der Waals surface area contributed by atoms with Gasteiger partial charge in [-0.05, 0) is 12.1 Å². The molecule has 0 spiro atoms. The van der Waals surface area contributed by atoms with Crippen molar-refractivity contribution in [1.29, 1.82) is 0 Å². The zero-order valence-corrected chi connectivity index (χ0v) is 9.60. The van der Waals surface area contributed by atoms with Crippen LogP contribution < -0.4 is 5.56 Å². The Morgan fingerprint density at radius 3 is 2.72 bits per heavy atom. The molecular weight excluding hydrogens is 232 g/mol. The number of nitrogens with zero attached hydrogens (tertiary/aromatic N) is 1. The van der Waals surface area contributed by atoms with E-state index >= 15 is 0 Å². The van der Waals surface area contributed by atoms with Gasteiger partial charge in [-0.15, -0.1) is 0 Å². The Morgan fingerprint density at radius 1 is 1.28 bits per heavy atom. The van der Waals surface area contributed by atoms with Crippen molar-refractivity contribution in [3.05, 3.63) is 46.4 Å². The van der Waals surface area contributed by atoms with Crippen LogP contribution in [0.25, 0.3) is 21.8 Å². The lowest BCUT2D eigenvalue weighted by Gasteiger charge is -2.05. The fourth-order valence-corrected chi connectivity index (χ4v) is 2.22. The smallest absolute Gasteiger partial charge is 0.352 e. The number of pyridine rings is 1. The van der Waals surface area contributed by atoms with Crippen LogP contribution in [-0.4, -0.2) is 20.6 Å². The molecule has 0 saturated heterocycles. The number of H-pyrrole nitrogens is 1. The molecule has 0 radical (unpaired) electrons. The number of fused-ring (bicyclic) bond motifs is 3. The van der Waals surface area contributed by atoms with Gasteiger partial charge in [0.2, 0.25) is 0 Å². The Kier molecular flexibility index (Phi) is 2.04. The maximum atomic E-state index is 12.1. The highest BCUT2D eigenvalue weighted by Gasteiger charge is 2.14. The van der Waals surface area contributed by atoms with E-state index in [4.69, 9.17) is 5.11 Å². The van der Waals surface area contributed by atoms with Crippen molar-refractivity contribution in [2.75, 3.05) is 0 Å². The van der Waals surface area contributed by atoms with Crippen LogP contribution in [0.2, 0.25) is 0 Å². The molecular formula is C13H10N2O3. The fourth-order valence-electron chi connectivity index (χ4n) is 2.22. The number of aromatic amines is 1. The largest absolute Gasteiger partial charge is 0.477 e. The van der Waals surface area contributed by atoms with Crippen LogP contribution in [0, 0.1) is 0 Å².